The van der Waals surface area contributed by atoms with Gasteiger partial charge in [0.25, 0.3) is 0 Å². The first-order valence-corrected chi connectivity index (χ1v) is 9.17. The number of nitrogens with one attached hydrogen (secondary N) is 2. The number of benzene rings is 1. The Kier molecular flexibility index (Phi) is 12.1. The van der Waals surface area contributed by atoms with Crippen LogP contribution >= 0.6 is 24.0 Å². The van der Waals surface area contributed by atoms with Gasteiger partial charge >= 0.3 is 0 Å². The van der Waals surface area contributed by atoms with Crippen LogP contribution in [0.5, 0.6) is 0 Å². The highest BCUT2D eigenvalue weighted by Gasteiger charge is 2.21. The standard InChI is InChI=1S/C20H35FN4.HI/c1-16(2)25(6)13-8-7-12-23-19(22-5)24-15-20(3,4)17-10-9-11-18(21)14-17;/h9-11,14,16H,7-8,12-13,15H2,1-6H3,(H2,22,23,24);1H. The van der Waals surface area contributed by atoms with Gasteiger partial charge in [-0.1, -0.05) is 26.0 Å². The summed E-state index contributed by atoms with van der Waals surface area (Å²) in [6.07, 6.45) is 2.26. The summed E-state index contributed by atoms with van der Waals surface area (Å²) in [5.41, 5.74) is 0.798. The maximum atomic E-state index is 13.4. The summed E-state index contributed by atoms with van der Waals surface area (Å²) in [4.78, 5) is 6.63. The van der Waals surface area contributed by atoms with E-state index >= 15 is 0 Å². The Morgan fingerprint density at radius 1 is 1.23 bits per heavy atom. The number of nitrogens with zero attached hydrogens (tertiary/aromatic N) is 2. The van der Waals surface area contributed by atoms with Gasteiger partial charge in [-0.15, -0.1) is 24.0 Å². The molecular formula is C20H36FIN4. The number of aliphatic imine (C=N–C) groups is 1. The predicted molar refractivity (Wildman–Crippen MR) is 121 cm³/mol. The van der Waals surface area contributed by atoms with Crippen LogP contribution in [0.3, 0.4) is 0 Å². The fraction of sp³-hybridized carbons (Fsp3) is 0.650. The molecule has 0 fully saturated rings. The van der Waals surface area contributed by atoms with Crippen LogP contribution in [0.1, 0.15) is 46.1 Å². The first-order valence-electron chi connectivity index (χ1n) is 9.17. The summed E-state index contributed by atoms with van der Waals surface area (Å²) in [5.74, 6) is 0.598. The normalized spacial score (nSPS) is 12.3. The second-order valence-electron chi connectivity index (χ2n) is 7.53. The van der Waals surface area contributed by atoms with E-state index in [4.69, 9.17) is 0 Å². The van der Waals surface area contributed by atoms with E-state index in [0.29, 0.717) is 12.6 Å². The van der Waals surface area contributed by atoms with Gasteiger partial charge in [0.1, 0.15) is 5.82 Å². The van der Waals surface area contributed by atoms with Crippen molar-refractivity contribution in [1.82, 2.24) is 15.5 Å². The summed E-state index contributed by atoms with van der Waals surface area (Å²) in [6.45, 7) is 11.3. The van der Waals surface area contributed by atoms with Crippen molar-refractivity contribution >= 4 is 29.9 Å². The minimum absolute atomic E-state index is 0. The van der Waals surface area contributed by atoms with Crippen LogP contribution in [0.25, 0.3) is 0 Å². The SMILES string of the molecule is CN=C(NCCCCN(C)C(C)C)NCC(C)(C)c1cccc(F)c1.I. The van der Waals surface area contributed by atoms with E-state index in [-0.39, 0.29) is 35.2 Å². The van der Waals surface area contributed by atoms with Gasteiger partial charge in [-0.3, -0.25) is 4.99 Å². The summed E-state index contributed by atoms with van der Waals surface area (Å²) in [7, 11) is 3.93. The smallest absolute Gasteiger partial charge is 0.191 e. The molecule has 0 bridgehead atoms. The molecule has 6 heteroatoms. The fourth-order valence-corrected chi connectivity index (χ4v) is 2.49. The van der Waals surface area contributed by atoms with E-state index in [1.54, 1.807) is 19.2 Å². The summed E-state index contributed by atoms with van der Waals surface area (Å²) < 4.78 is 13.4. The Bertz CT molecular complexity index is 546. The number of hydrogen-bond donors (Lipinski definition) is 2. The number of unbranched alkanes of at least 4 members (excludes halogenated alkanes) is 1. The molecule has 0 heterocycles. The molecule has 1 rings (SSSR count). The molecule has 0 radical (unpaired) electrons. The summed E-state index contributed by atoms with van der Waals surface area (Å²) >= 11 is 0. The quantitative estimate of drug-likeness (QED) is 0.244. The Labute approximate surface area is 176 Å². The van der Waals surface area contributed by atoms with E-state index in [1.807, 2.05) is 6.07 Å². The van der Waals surface area contributed by atoms with Gasteiger partial charge < -0.3 is 15.5 Å². The third kappa shape index (κ3) is 9.16. The van der Waals surface area contributed by atoms with Crippen molar-refractivity contribution < 1.29 is 4.39 Å². The average molecular weight is 478 g/mol. The van der Waals surface area contributed by atoms with Gasteiger partial charge in [0.2, 0.25) is 0 Å². The molecule has 4 nitrogen and oxygen atoms in total. The van der Waals surface area contributed by atoms with Crippen molar-refractivity contribution in [2.75, 3.05) is 33.7 Å². The van der Waals surface area contributed by atoms with Crippen LogP contribution < -0.4 is 10.6 Å². The van der Waals surface area contributed by atoms with Gasteiger partial charge in [0.15, 0.2) is 5.96 Å². The van der Waals surface area contributed by atoms with Crippen molar-refractivity contribution in [3.8, 4) is 0 Å². The van der Waals surface area contributed by atoms with Crippen molar-refractivity contribution in [2.24, 2.45) is 4.99 Å². The number of hydrogen-bond acceptors (Lipinski definition) is 2. The Balaban J connectivity index is 0.00000625. The van der Waals surface area contributed by atoms with E-state index in [2.05, 4.69) is 55.3 Å². The largest absolute Gasteiger partial charge is 0.356 e. The van der Waals surface area contributed by atoms with Crippen LogP contribution in [0, 0.1) is 5.82 Å². The third-order valence-electron chi connectivity index (χ3n) is 4.64. The Morgan fingerprint density at radius 3 is 2.50 bits per heavy atom. The van der Waals surface area contributed by atoms with Crippen molar-refractivity contribution in [1.29, 1.82) is 0 Å². The summed E-state index contributed by atoms with van der Waals surface area (Å²) in [6, 6.07) is 7.39. The lowest BCUT2D eigenvalue weighted by atomic mass is 9.84. The molecule has 1 aromatic rings. The lowest BCUT2D eigenvalue weighted by Gasteiger charge is -2.27. The molecule has 0 saturated heterocycles. The molecule has 2 N–H and O–H groups in total. The molecule has 150 valence electrons. The van der Waals surface area contributed by atoms with Gasteiger partial charge in [-0.25, -0.2) is 4.39 Å². The highest BCUT2D eigenvalue weighted by Crippen LogP contribution is 2.22. The van der Waals surface area contributed by atoms with Gasteiger partial charge in [0.05, 0.1) is 0 Å². The predicted octanol–water partition coefficient (Wildman–Crippen LogP) is 4.01. The minimum Gasteiger partial charge on any atom is -0.356 e. The third-order valence-corrected chi connectivity index (χ3v) is 4.64. The average Bonchev–Trinajstić information content (AvgIpc) is 2.57. The monoisotopic (exact) mass is 478 g/mol. The second kappa shape index (κ2) is 12.5. The minimum atomic E-state index is -0.195. The van der Waals surface area contributed by atoms with Crippen molar-refractivity contribution in [2.45, 2.75) is 52.0 Å². The van der Waals surface area contributed by atoms with Gasteiger partial charge in [-0.2, -0.15) is 0 Å². The van der Waals surface area contributed by atoms with Gasteiger partial charge in [0, 0.05) is 31.6 Å². The van der Waals surface area contributed by atoms with E-state index in [0.717, 1.165) is 37.5 Å². The van der Waals surface area contributed by atoms with Crippen molar-refractivity contribution in [3.05, 3.63) is 35.6 Å². The van der Waals surface area contributed by atoms with E-state index < -0.39 is 0 Å². The fourth-order valence-electron chi connectivity index (χ4n) is 2.49. The molecule has 0 aromatic heterocycles. The van der Waals surface area contributed by atoms with Crippen molar-refractivity contribution in [3.63, 3.8) is 0 Å². The first kappa shape index (κ1) is 25.1. The number of guanidine groups is 1. The Morgan fingerprint density at radius 2 is 1.92 bits per heavy atom. The molecule has 0 aliphatic rings. The van der Waals surface area contributed by atoms with Crippen LogP contribution in [0.4, 0.5) is 4.39 Å². The highest BCUT2D eigenvalue weighted by molar-refractivity contribution is 14.0. The molecular weight excluding hydrogens is 442 g/mol. The number of halogens is 2. The van der Waals surface area contributed by atoms with E-state index in [1.165, 1.54) is 6.07 Å². The molecule has 0 spiro atoms. The molecule has 0 aliphatic carbocycles. The van der Waals surface area contributed by atoms with Gasteiger partial charge in [-0.05, 0) is 58.0 Å². The Hall–Kier alpha value is -0.890. The zero-order valence-electron chi connectivity index (χ0n) is 17.1. The lowest BCUT2D eigenvalue weighted by molar-refractivity contribution is 0.268. The maximum Gasteiger partial charge on any atom is 0.191 e. The number of rotatable bonds is 9. The second-order valence-corrected chi connectivity index (χ2v) is 7.53. The van der Waals surface area contributed by atoms with Crippen LogP contribution in [0.2, 0.25) is 0 Å². The zero-order valence-corrected chi connectivity index (χ0v) is 19.4. The topological polar surface area (TPSA) is 39.7 Å². The maximum absolute atomic E-state index is 13.4. The molecule has 26 heavy (non-hydrogen) atoms. The molecule has 0 amide bonds. The van der Waals surface area contributed by atoms with Crippen LogP contribution in [-0.4, -0.2) is 50.6 Å². The first-order chi connectivity index (χ1) is 11.8. The molecule has 0 saturated carbocycles. The molecule has 0 atom stereocenters. The van der Waals surface area contributed by atoms with Crippen LogP contribution in [-0.2, 0) is 5.41 Å². The lowest BCUT2D eigenvalue weighted by Crippen LogP contribution is -2.43. The zero-order chi connectivity index (χ0) is 18.9. The summed E-state index contributed by atoms with van der Waals surface area (Å²) in [5, 5.41) is 6.71. The van der Waals surface area contributed by atoms with E-state index in [9.17, 15) is 4.39 Å². The van der Waals surface area contributed by atoms with Crippen LogP contribution in [0.15, 0.2) is 29.3 Å². The molecule has 0 unspecified atom stereocenters. The molecule has 0 aliphatic heterocycles. The highest BCUT2D eigenvalue weighted by atomic mass is 127. The molecule has 1 aromatic carbocycles.